The van der Waals surface area contributed by atoms with Gasteiger partial charge in [-0.2, -0.15) is 5.10 Å². The van der Waals surface area contributed by atoms with Gasteiger partial charge in [-0.1, -0.05) is 19.9 Å². The highest BCUT2D eigenvalue weighted by Gasteiger charge is 2.15. The Hall–Kier alpha value is -2.83. The molecule has 2 heterocycles. The van der Waals surface area contributed by atoms with Crippen molar-refractivity contribution in [3.8, 4) is 5.75 Å². The zero-order valence-corrected chi connectivity index (χ0v) is 15.6. The van der Waals surface area contributed by atoms with Crippen molar-refractivity contribution in [2.24, 2.45) is 5.92 Å². The van der Waals surface area contributed by atoms with Crippen LogP contribution in [0.1, 0.15) is 26.1 Å². The molecule has 0 radical (unpaired) electrons. The van der Waals surface area contributed by atoms with E-state index in [1.165, 1.54) is 4.68 Å². The van der Waals surface area contributed by atoms with Gasteiger partial charge in [0.1, 0.15) is 23.6 Å². The summed E-state index contributed by atoms with van der Waals surface area (Å²) >= 11 is 0. The number of carbonyl (C=O) groups excluding carboxylic acids is 1. The summed E-state index contributed by atoms with van der Waals surface area (Å²) in [5.41, 5.74) is 1.04. The van der Waals surface area contributed by atoms with Crippen LogP contribution < -0.4 is 15.6 Å². The van der Waals surface area contributed by atoms with Crippen molar-refractivity contribution < 1.29 is 9.53 Å². The number of nitrogens with zero attached hydrogens (tertiary/aromatic N) is 3. The van der Waals surface area contributed by atoms with E-state index in [9.17, 15) is 9.59 Å². The third-order valence-electron chi connectivity index (χ3n) is 4.41. The lowest BCUT2D eigenvalue weighted by Gasteiger charge is -2.10. The van der Waals surface area contributed by atoms with E-state index in [-0.39, 0.29) is 18.0 Å². The maximum atomic E-state index is 12.8. The van der Waals surface area contributed by atoms with Gasteiger partial charge in [-0.05, 0) is 37.5 Å². The van der Waals surface area contributed by atoms with Crippen molar-refractivity contribution in [1.82, 2.24) is 19.5 Å². The number of rotatable bonds is 6. The second-order valence-electron chi connectivity index (χ2n) is 6.80. The number of carbonyl (C=O) groups is 1. The van der Waals surface area contributed by atoms with Gasteiger partial charge in [0, 0.05) is 11.9 Å². The quantitative estimate of drug-likeness (QED) is 0.734. The van der Waals surface area contributed by atoms with Crippen LogP contribution in [0.2, 0.25) is 0 Å². The van der Waals surface area contributed by atoms with Crippen LogP contribution in [0.15, 0.2) is 29.1 Å². The molecule has 1 N–H and O–H groups in total. The third-order valence-corrected chi connectivity index (χ3v) is 4.41. The normalized spacial score (nSPS) is 11.4. The van der Waals surface area contributed by atoms with Crippen molar-refractivity contribution in [1.29, 1.82) is 0 Å². The number of methoxy groups -OCH3 is 1. The molecule has 0 saturated carbocycles. The number of benzene rings is 1. The topological polar surface area (TPSA) is 77.6 Å². The monoisotopic (exact) mass is 356 g/mol. The van der Waals surface area contributed by atoms with Gasteiger partial charge in [0.15, 0.2) is 0 Å². The van der Waals surface area contributed by atoms with Crippen molar-refractivity contribution in [3.05, 3.63) is 40.4 Å². The lowest BCUT2D eigenvalue weighted by molar-refractivity contribution is -0.121. The molecule has 0 atom stereocenters. The predicted molar refractivity (Wildman–Crippen MR) is 101 cm³/mol. The fourth-order valence-electron chi connectivity index (χ4n) is 3.08. The molecule has 0 bridgehead atoms. The molecule has 7 nitrogen and oxygen atoms in total. The van der Waals surface area contributed by atoms with Gasteiger partial charge < -0.3 is 10.1 Å². The molecular weight excluding hydrogens is 332 g/mol. The highest BCUT2D eigenvalue weighted by molar-refractivity contribution is 5.92. The van der Waals surface area contributed by atoms with Crippen LogP contribution in [0.5, 0.6) is 5.75 Å². The summed E-state index contributed by atoms with van der Waals surface area (Å²) in [6, 6.07) is 7.44. The van der Waals surface area contributed by atoms with Gasteiger partial charge in [-0.25, -0.2) is 4.68 Å². The number of aryl methyl sites for hydroxylation is 1. The van der Waals surface area contributed by atoms with Gasteiger partial charge in [0.05, 0.1) is 12.6 Å². The number of hydrogen-bond donors (Lipinski definition) is 1. The van der Waals surface area contributed by atoms with Crippen molar-refractivity contribution in [2.75, 3.05) is 13.7 Å². The molecule has 0 fully saturated rings. The number of ether oxygens (including phenoxy) is 1. The first-order valence-electron chi connectivity index (χ1n) is 8.75. The number of aromatic nitrogens is 3. The Morgan fingerprint density at radius 1 is 1.31 bits per heavy atom. The summed E-state index contributed by atoms with van der Waals surface area (Å²) in [7, 11) is 1.60. The van der Waals surface area contributed by atoms with E-state index < -0.39 is 0 Å². The molecule has 0 unspecified atom stereocenters. The van der Waals surface area contributed by atoms with Crippen LogP contribution >= 0.6 is 0 Å². The zero-order chi connectivity index (χ0) is 18.8. The van der Waals surface area contributed by atoms with E-state index in [1.54, 1.807) is 17.6 Å². The van der Waals surface area contributed by atoms with Gasteiger partial charge in [0.2, 0.25) is 5.91 Å². The Kier molecular flexibility index (Phi) is 4.97. The minimum atomic E-state index is -0.298. The molecule has 3 rings (SSSR count). The van der Waals surface area contributed by atoms with Crippen LogP contribution in [0.25, 0.3) is 16.4 Å². The van der Waals surface area contributed by atoms with E-state index in [2.05, 4.69) is 24.3 Å². The predicted octanol–water partition coefficient (Wildman–Crippen LogP) is 2.13. The average molecular weight is 356 g/mol. The molecule has 1 amide bonds. The number of nitrogens with one attached hydrogen (secondary N) is 1. The Bertz CT molecular complexity index is 1020. The highest BCUT2D eigenvalue weighted by atomic mass is 16.5. The maximum Gasteiger partial charge on any atom is 0.291 e. The van der Waals surface area contributed by atoms with Gasteiger partial charge in [-0.15, -0.1) is 0 Å². The van der Waals surface area contributed by atoms with Crippen molar-refractivity contribution in [2.45, 2.75) is 33.7 Å². The van der Waals surface area contributed by atoms with E-state index in [4.69, 9.17) is 4.74 Å². The smallest absolute Gasteiger partial charge is 0.291 e. The molecule has 3 aromatic rings. The molecule has 0 aliphatic carbocycles. The molecule has 0 aliphatic rings. The van der Waals surface area contributed by atoms with Gasteiger partial charge in [0.25, 0.3) is 5.56 Å². The SMILES string of the molecule is COc1cccc2c1cc1c(=O)n(CC(=O)NCCC(C)C)nc(C)n12. The third kappa shape index (κ3) is 3.29. The van der Waals surface area contributed by atoms with Gasteiger partial charge in [-0.3, -0.25) is 14.0 Å². The minimum absolute atomic E-state index is 0.0903. The largest absolute Gasteiger partial charge is 0.496 e. The first kappa shape index (κ1) is 18.0. The molecule has 138 valence electrons. The summed E-state index contributed by atoms with van der Waals surface area (Å²) in [5, 5.41) is 8.01. The number of amides is 1. The Morgan fingerprint density at radius 3 is 2.77 bits per heavy atom. The molecule has 0 spiro atoms. The minimum Gasteiger partial charge on any atom is -0.496 e. The Balaban J connectivity index is 1.99. The lowest BCUT2D eigenvalue weighted by Crippen LogP contribution is -2.35. The van der Waals surface area contributed by atoms with E-state index >= 15 is 0 Å². The molecular formula is C19H24N4O3. The fourth-order valence-corrected chi connectivity index (χ4v) is 3.08. The van der Waals surface area contributed by atoms with Crippen LogP contribution in [0.3, 0.4) is 0 Å². The summed E-state index contributed by atoms with van der Waals surface area (Å²) in [6.07, 6.45) is 0.899. The van der Waals surface area contributed by atoms with Crippen LogP contribution in [-0.4, -0.2) is 33.7 Å². The van der Waals surface area contributed by atoms with Gasteiger partial charge >= 0.3 is 0 Å². The zero-order valence-electron chi connectivity index (χ0n) is 15.6. The average Bonchev–Trinajstić information content (AvgIpc) is 2.99. The van der Waals surface area contributed by atoms with Crippen LogP contribution in [0, 0.1) is 12.8 Å². The molecule has 1 aromatic carbocycles. The summed E-state index contributed by atoms with van der Waals surface area (Å²) in [5.74, 6) is 1.64. The van der Waals surface area contributed by atoms with E-state index in [1.807, 2.05) is 25.1 Å². The Morgan fingerprint density at radius 2 is 2.08 bits per heavy atom. The van der Waals surface area contributed by atoms with E-state index in [0.717, 1.165) is 17.3 Å². The second-order valence-corrected chi connectivity index (χ2v) is 6.80. The number of hydrogen-bond acceptors (Lipinski definition) is 4. The maximum absolute atomic E-state index is 12.8. The van der Waals surface area contributed by atoms with Crippen molar-refractivity contribution in [3.63, 3.8) is 0 Å². The fraction of sp³-hybridized carbons (Fsp3) is 0.421. The first-order chi connectivity index (χ1) is 12.4. The number of fused-ring (bicyclic) bond motifs is 3. The molecule has 7 heteroatoms. The second kappa shape index (κ2) is 7.19. The summed E-state index contributed by atoms with van der Waals surface area (Å²) in [4.78, 5) is 25.0. The highest BCUT2D eigenvalue weighted by Crippen LogP contribution is 2.28. The van der Waals surface area contributed by atoms with E-state index in [0.29, 0.717) is 29.6 Å². The standard InChI is InChI=1S/C19H24N4O3/c1-12(2)8-9-20-18(24)11-22-19(25)16-10-14-15(23(16)13(3)21-22)6-5-7-17(14)26-4/h5-7,10,12H,8-9,11H2,1-4H3,(H,20,24). The molecule has 0 aliphatic heterocycles. The molecule has 0 saturated heterocycles. The summed E-state index contributed by atoms with van der Waals surface area (Å²) < 4.78 is 8.41. The lowest BCUT2D eigenvalue weighted by atomic mass is 10.1. The van der Waals surface area contributed by atoms with Crippen LogP contribution in [0.4, 0.5) is 0 Å². The molecule has 26 heavy (non-hydrogen) atoms. The van der Waals surface area contributed by atoms with Crippen molar-refractivity contribution >= 4 is 22.3 Å². The first-order valence-corrected chi connectivity index (χ1v) is 8.75. The molecule has 2 aromatic heterocycles. The summed E-state index contributed by atoms with van der Waals surface area (Å²) in [6.45, 7) is 6.52. The van der Waals surface area contributed by atoms with Crippen LogP contribution in [-0.2, 0) is 11.3 Å². The Labute approximate surface area is 151 Å².